The number of nitrogens with zero attached hydrogens (tertiary/aromatic N) is 3. The number of hydrogen-bond donors (Lipinski definition) is 1. The van der Waals surface area contributed by atoms with Gasteiger partial charge in [-0.3, -0.25) is 4.72 Å². The number of nitrogens with one attached hydrogen (secondary N) is 1. The highest BCUT2D eigenvalue weighted by atomic mass is 32.2. The highest BCUT2D eigenvalue weighted by molar-refractivity contribution is 7.90. The van der Waals surface area contributed by atoms with Gasteiger partial charge in [0.2, 0.25) is 0 Å². The van der Waals surface area contributed by atoms with E-state index >= 15 is 0 Å². The average Bonchev–Trinajstić information content (AvgIpc) is 2.88. The van der Waals surface area contributed by atoms with E-state index in [0.717, 1.165) is 21.3 Å². The molecule has 0 bridgehead atoms. The topological polar surface area (TPSA) is 67.2 Å². The SMILES string of the molecule is CN(C)S(=O)(=O)Nc1ccc(-n2nccc2C(F)(F)F)cc1. The molecule has 0 atom stereocenters. The van der Waals surface area contributed by atoms with E-state index < -0.39 is 22.1 Å². The van der Waals surface area contributed by atoms with Crippen LogP contribution in [-0.2, 0) is 16.4 Å². The molecule has 22 heavy (non-hydrogen) atoms. The Bertz CT molecular complexity index is 751. The van der Waals surface area contributed by atoms with E-state index in [4.69, 9.17) is 0 Å². The van der Waals surface area contributed by atoms with Crippen molar-refractivity contribution < 1.29 is 21.6 Å². The normalized spacial score (nSPS) is 12.6. The summed E-state index contributed by atoms with van der Waals surface area (Å²) in [6.07, 6.45) is -3.48. The van der Waals surface area contributed by atoms with Crippen LogP contribution in [0.1, 0.15) is 5.69 Å². The standard InChI is InChI=1S/C12H13F3N4O2S/c1-18(2)22(20,21)17-9-3-5-10(6-4-9)19-11(7-8-16-19)12(13,14)15/h3-8,17H,1-2H3. The summed E-state index contributed by atoms with van der Waals surface area (Å²) in [5, 5.41) is 3.64. The Hall–Kier alpha value is -2.07. The van der Waals surface area contributed by atoms with Gasteiger partial charge in [-0.2, -0.15) is 31.0 Å². The summed E-state index contributed by atoms with van der Waals surface area (Å²) in [5.41, 5.74) is -0.502. The smallest absolute Gasteiger partial charge is 0.271 e. The van der Waals surface area contributed by atoms with Crippen LogP contribution in [0.5, 0.6) is 0 Å². The van der Waals surface area contributed by atoms with Crippen molar-refractivity contribution in [3.8, 4) is 5.69 Å². The quantitative estimate of drug-likeness (QED) is 0.931. The lowest BCUT2D eigenvalue weighted by Gasteiger charge is -2.14. The molecule has 0 saturated heterocycles. The molecule has 0 fully saturated rings. The largest absolute Gasteiger partial charge is 0.433 e. The van der Waals surface area contributed by atoms with Gasteiger partial charge in [0.1, 0.15) is 5.69 Å². The van der Waals surface area contributed by atoms with Crippen LogP contribution >= 0.6 is 0 Å². The van der Waals surface area contributed by atoms with Gasteiger partial charge >= 0.3 is 16.4 Å². The van der Waals surface area contributed by atoms with Crippen LogP contribution in [0.3, 0.4) is 0 Å². The van der Waals surface area contributed by atoms with Crippen molar-refractivity contribution in [2.75, 3.05) is 18.8 Å². The molecule has 6 nitrogen and oxygen atoms in total. The fraction of sp³-hybridized carbons (Fsp3) is 0.250. The summed E-state index contributed by atoms with van der Waals surface area (Å²) in [5.74, 6) is 0. The first-order valence-corrected chi connectivity index (χ1v) is 7.47. The Morgan fingerprint density at radius 3 is 2.23 bits per heavy atom. The van der Waals surface area contributed by atoms with E-state index in [1.54, 1.807) is 0 Å². The Morgan fingerprint density at radius 1 is 1.14 bits per heavy atom. The van der Waals surface area contributed by atoms with Crippen LogP contribution in [0, 0.1) is 0 Å². The average molecular weight is 334 g/mol. The van der Waals surface area contributed by atoms with Crippen LogP contribution in [0.2, 0.25) is 0 Å². The first-order chi connectivity index (χ1) is 10.1. The fourth-order valence-electron chi connectivity index (χ4n) is 1.63. The maximum atomic E-state index is 12.8. The highest BCUT2D eigenvalue weighted by Gasteiger charge is 2.35. The summed E-state index contributed by atoms with van der Waals surface area (Å²) in [6, 6.07) is 6.27. The second-order valence-electron chi connectivity index (χ2n) is 4.56. The summed E-state index contributed by atoms with van der Waals surface area (Å²) in [4.78, 5) is 0. The lowest BCUT2D eigenvalue weighted by molar-refractivity contribution is -0.142. The molecule has 1 aromatic heterocycles. The molecule has 0 unspecified atom stereocenters. The van der Waals surface area contributed by atoms with Crippen LogP contribution in [0.15, 0.2) is 36.5 Å². The molecule has 1 N–H and O–H groups in total. The van der Waals surface area contributed by atoms with E-state index in [1.807, 2.05) is 0 Å². The molecule has 0 aliphatic heterocycles. The molecule has 0 aliphatic carbocycles. The summed E-state index contributed by atoms with van der Waals surface area (Å²) in [6.45, 7) is 0. The first-order valence-electron chi connectivity index (χ1n) is 6.03. The Morgan fingerprint density at radius 2 is 1.73 bits per heavy atom. The van der Waals surface area contributed by atoms with Crippen LogP contribution in [-0.4, -0.2) is 36.6 Å². The molecule has 120 valence electrons. The van der Waals surface area contributed by atoms with Gasteiger partial charge in [-0.05, 0) is 30.3 Å². The maximum absolute atomic E-state index is 12.8. The highest BCUT2D eigenvalue weighted by Crippen LogP contribution is 2.30. The number of alkyl halides is 3. The van der Waals surface area contributed by atoms with Gasteiger partial charge in [-0.25, -0.2) is 4.68 Å². The predicted molar refractivity (Wildman–Crippen MR) is 74.8 cm³/mol. The predicted octanol–water partition coefficient (Wildman–Crippen LogP) is 2.11. The fourth-order valence-corrected chi connectivity index (χ4v) is 2.25. The van der Waals surface area contributed by atoms with Gasteiger partial charge in [0.05, 0.1) is 11.9 Å². The van der Waals surface area contributed by atoms with E-state index in [-0.39, 0.29) is 11.4 Å². The second kappa shape index (κ2) is 5.61. The molecule has 1 heterocycles. The van der Waals surface area contributed by atoms with Crippen LogP contribution < -0.4 is 4.72 Å². The second-order valence-corrected chi connectivity index (χ2v) is 6.45. The third kappa shape index (κ3) is 3.39. The van der Waals surface area contributed by atoms with Gasteiger partial charge in [-0.1, -0.05) is 0 Å². The molecule has 0 aliphatic rings. The molecule has 0 radical (unpaired) electrons. The molecule has 0 saturated carbocycles. The summed E-state index contributed by atoms with van der Waals surface area (Å²) in [7, 11) is -0.954. The van der Waals surface area contributed by atoms with E-state index in [2.05, 4.69) is 9.82 Å². The van der Waals surface area contributed by atoms with Crippen molar-refractivity contribution in [3.63, 3.8) is 0 Å². The minimum absolute atomic E-state index is 0.171. The molecular formula is C12H13F3N4O2S. The number of benzene rings is 1. The molecule has 2 rings (SSSR count). The minimum Gasteiger partial charge on any atom is -0.271 e. The number of hydrogen-bond acceptors (Lipinski definition) is 3. The van der Waals surface area contributed by atoms with Crippen molar-refractivity contribution in [2.45, 2.75) is 6.18 Å². The molecule has 0 spiro atoms. The van der Waals surface area contributed by atoms with E-state index in [0.29, 0.717) is 0 Å². The van der Waals surface area contributed by atoms with Crippen molar-refractivity contribution in [1.82, 2.24) is 14.1 Å². The van der Waals surface area contributed by atoms with Gasteiger partial charge in [0, 0.05) is 19.8 Å². The zero-order chi connectivity index (χ0) is 16.5. The zero-order valence-corrected chi connectivity index (χ0v) is 12.5. The Balaban J connectivity index is 2.29. The molecule has 10 heteroatoms. The number of anilines is 1. The third-order valence-corrected chi connectivity index (χ3v) is 4.23. The maximum Gasteiger partial charge on any atom is 0.433 e. The van der Waals surface area contributed by atoms with Crippen molar-refractivity contribution >= 4 is 15.9 Å². The molecule has 0 amide bonds. The molecule has 1 aromatic carbocycles. The van der Waals surface area contributed by atoms with Crippen molar-refractivity contribution in [3.05, 3.63) is 42.2 Å². The van der Waals surface area contributed by atoms with Gasteiger partial charge in [0.15, 0.2) is 0 Å². The lowest BCUT2D eigenvalue weighted by Crippen LogP contribution is -2.28. The molecular weight excluding hydrogens is 321 g/mol. The van der Waals surface area contributed by atoms with Crippen LogP contribution in [0.4, 0.5) is 18.9 Å². The zero-order valence-electron chi connectivity index (χ0n) is 11.7. The Kier molecular flexibility index (Phi) is 4.16. The number of aromatic nitrogens is 2. The van der Waals surface area contributed by atoms with E-state index in [1.165, 1.54) is 38.4 Å². The third-order valence-electron chi connectivity index (χ3n) is 2.77. The minimum atomic E-state index is -4.53. The summed E-state index contributed by atoms with van der Waals surface area (Å²) < 4.78 is 65.7. The monoisotopic (exact) mass is 334 g/mol. The van der Waals surface area contributed by atoms with E-state index in [9.17, 15) is 21.6 Å². The lowest BCUT2D eigenvalue weighted by atomic mass is 10.3. The first kappa shape index (κ1) is 16.3. The van der Waals surface area contributed by atoms with Gasteiger partial charge < -0.3 is 0 Å². The van der Waals surface area contributed by atoms with Crippen molar-refractivity contribution in [2.24, 2.45) is 0 Å². The molecule has 2 aromatic rings. The summed E-state index contributed by atoms with van der Waals surface area (Å²) >= 11 is 0. The van der Waals surface area contributed by atoms with Gasteiger partial charge in [-0.15, -0.1) is 0 Å². The number of rotatable bonds is 4. The van der Waals surface area contributed by atoms with Crippen molar-refractivity contribution in [1.29, 1.82) is 0 Å². The van der Waals surface area contributed by atoms with Crippen LogP contribution in [0.25, 0.3) is 5.69 Å². The van der Waals surface area contributed by atoms with Gasteiger partial charge in [0.25, 0.3) is 0 Å². The number of halogens is 3. The Labute approximate surface area is 125 Å².